The van der Waals surface area contributed by atoms with E-state index in [1.807, 2.05) is 6.92 Å². The van der Waals surface area contributed by atoms with Gasteiger partial charge in [0.1, 0.15) is 0 Å². The second-order valence-corrected chi connectivity index (χ2v) is 7.69. The number of nitrogens with zero attached hydrogens (tertiary/aromatic N) is 3. The Bertz CT molecular complexity index is 758. The molecule has 5 heteroatoms. The highest BCUT2D eigenvalue weighted by molar-refractivity contribution is 5.89. The number of aliphatic imine (C=N–C) groups is 2. The number of rotatable bonds is 5. The molecule has 0 spiro atoms. The lowest BCUT2D eigenvalue weighted by Crippen LogP contribution is -2.51. The molecule has 1 aromatic rings. The summed E-state index contributed by atoms with van der Waals surface area (Å²) in [5, 5.41) is 0. The molecule has 0 N–H and O–H groups in total. The van der Waals surface area contributed by atoms with Crippen LogP contribution in [-0.2, 0) is 14.9 Å². The Morgan fingerprint density at radius 1 is 1.50 bits per heavy atom. The molecule has 0 amide bonds. The summed E-state index contributed by atoms with van der Waals surface area (Å²) in [6, 6.07) is 7.09. The van der Waals surface area contributed by atoms with Gasteiger partial charge in [-0.25, -0.2) is 0 Å². The molecule has 0 bridgehead atoms. The molecule has 26 heavy (non-hydrogen) atoms. The highest BCUT2D eigenvalue weighted by Gasteiger charge is 2.49. The van der Waals surface area contributed by atoms with Crippen molar-refractivity contribution in [2.75, 3.05) is 26.7 Å². The van der Waals surface area contributed by atoms with Gasteiger partial charge in [0.2, 0.25) is 0 Å². The molecule has 1 saturated heterocycles. The molecule has 2 heterocycles. The molecule has 5 nitrogen and oxygen atoms in total. The van der Waals surface area contributed by atoms with Crippen molar-refractivity contribution in [3.8, 4) is 0 Å². The smallest absolute Gasteiger partial charge is 0.311 e. The summed E-state index contributed by atoms with van der Waals surface area (Å²) in [6.45, 7) is 4.04. The Kier molecular flexibility index (Phi) is 4.65. The third-order valence-electron chi connectivity index (χ3n) is 6.12. The van der Waals surface area contributed by atoms with Crippen LogP contribution in [0.3, 0.4) is 0 Å². The first kappa shape index (κ1) is 17.4. The molecule has 3 atom stereocenters. The number of hydrogen-bond donors (Lipinski definition) is 0. The topological polar surface area (TPSA) is 54.3 Å². The summed E-state index contributed by atoms with van der Waals surface area (Å²) in [5.41, 5.74) is 3.81. The molecule has 1 aromatic carbocycles. The van der Waals surface area contributed by atoms with E-state index in [0.717, 1.165) is 18.7 Å². The minimum Gasteiger partial charge on any atom is -0.466 e. The maximum atomic E-state index is 11.5. The second-order valence-electron chi connectivity index (χ2n) is 7.69. The minimum atomic E-state index is -0.217. The maximum Gasteiger partial charge on any atom is 0.311 e. The van der Waals surface area contributed by atoms with Crippen molar-refractivity contribution in [3.63, 3.8) is 0 Å². The van der Waals surface area contributed by atoms with E-state index in [9.17, 15) is 4.79 Å². The van der Waals surface area contributed by atoms with Crippen molar-refractivity contribution in [1.29, 1.82) is 0 Å². The van der Waals surface area contributed by atoms with Crippen molar-refractivity contribution < 1.29 is 9.53 Å². The van der Waals surface area contributed by atoms with E-state index in [0.29, 0.717) is 25.1 Å². The monoisotopic (exact) mass is 353 g/mol. The van der Waals surface area contributed by atoms with Crippen LogP contribution < -0.4 is 0 Å². The molecule has 138 valence electrons. The van der Waals surface area contributed by atoms with Crippen LogP contribution in [0.25, 0.3) is 0 Å². The van der Waals surface area contributed by atoms with Crippen molar-refractivity contribution in [1.82, 2.24) is 4.90 Å². The number of esters is 1. The highest BCUT2D eigenvalue weighted by Crippen LogP contribution is 2.53. The first-order chi connectivity index (χ1) is 12.6. The fourth-order valence-corrected chi connectivity index (χ4v) is 4.96. The third kappa shape index (κ3) is 2.88. The summed E-state index contributed by atoms with van der Waals surface area (Å²) in [6.07, 6.45) is 7.62. The Morgan fingerprint density at radius 3 is 3.23 bits per heavy atom. The van der Waals surface area contributed by atoms with Gasteiger partial charge in [-0.05, 0) is 62.9 Å². The Hall–Kier alpha value is -2.01. The van der Waals surface area contributed by atoms with Gasteiger partial charge in [-0.1, -0.05) is 12.1 Å². The number of fused-ring (bicyclic) bond motifs is 2. The predicted octanol–water partition coefficient (Wildman–Crippen LogP) is 3.25. The fraction of sp³-hybridized carbons (Fsp3) is 0.571. The zero-order chi connectivity index (χ0) is 18.1. The molecule has 4 rings (SSSR count). The number of ether oxygens (including phenoxy) is 1. The maximum absolute atomic E-state index is 11.5. The number of carbonyl (C=O) groups is 1. The first-order valence-electron chi connectivity index (χ1n) is 9.67. The van der Waals surface area contributed by atoms with Crippen LogP contribution in [0, 0.1) is 0 Å². The van der Waals surface area contributed by atoms with Crippen molar-refractivity contribution in [2.24, 2.45) is 9.98 Å². The highest BCUT2D eigenvalue weighted by atomic mass is 16.5. The van der Waals surface area contributed by atoms with Gasteiger partial charge in [-0.15, -0.1) is 0 Å². The van der Waals surface area contributed by atoms with E-state index >= 15 is 0 Å². The number of likely N-dealkylation sites (tertiary alicyclic amines) is 1. The number of likely N-dealkylation sites (N-methyl/N-ethyl adjacent to an activating group) is 1. The molecular weight excluding hydrogens is 326 g/mol. The number of hydrogen-bond acceptors (Lipinski definition) is 5. The Labute approximate surface area is 155 Å². The zero-order valence-electron chi connectivity index (χ0n) is 15.6. The van der Waals surface area contributed by atoms with Crippen LogP contribution in [0.2, 0.25) is 0 Å². The molecule has 0 radical (unpaired) electrons. The molecule has 2 aliphatic heterocycles. The lowest BCUT2D eigenvalue weighted by molar-refractivity contribution is -0.141. The van der Waals surface area contributed by atoms with Gasteiger partial charge < -0.3 is 9.64 Å². The summed E-state index contributed by atoms with van der Waals surface area (Å²) >= 11 is 0. The summed E-state index contributed by atoms with van der Waals surface area (Å²) in [7, 11) is 2.25. The predicted molar refractivity (Wildman–Crippen MR) is 104 cm³/mol. The lowest BCUT2D eigenvalue weighted by Gasteiger charge is -2.48. The molecule has 2 unspecified atom stereocenters. The van der Waals surface area contributed by atoms with Crippen LogP contribution in [0.15, 0.2) is 28.2 Å². The third-order valence-corrected chi connectivity index (χ3v) is 6.12. The van der Waals surface area contributed by atoms with Gasteiger partial charge in [0.05, 0.1) is 30.7 Å². The summed E-state index contributed by atoms with van der Waals surface area (Å²) in [4.78, 5) is 23.4. The van der Waals surface area contributed by atoms with Crippen LogP contribution in [0.5, 0.6) is 0 Å². The van der Waals surface area contributed by atoms with Crippen LogP contribution in [0.4, 0.5) is 5.69 Å². The second kappa shape index (κ2) is 6.95. The minimum absolute atomic E-state index is 0.135. The van der Waals surface area contributed by atoms with E-state index in [-0.39, 0.29) is 17.8 Å². The largest absolute Gasteiger partial charge is 0.466 e. The van der Waals surface area contributed by atoms with E-state index < -0.39 is 0 Å². The van der Waals surface area contributed by atoms with Crippen molar-refractivity contribution in [3.05, 3.63) is 29.3 Å². The van der Waals surface area contributed by atoms with E-state index in [2.05, 4.69) is 41.4 Å². The Morgan fingerprint density at radius 2 is 2.38 bits per heavy atom. The van der Waals surface area contributed by atoms with Crippen molar-refractivity contribution >= 4 is 24.1 Å². The van der Waals surface area contributed by atoms with Gasteiger partial charge in [0.25, 0.3) is 0 Å². The molecule has 0 aromatic heterocycles. The number of benzene rings is 1. The van der Waals surface area contributed by atoms with Crippen LogP contribution in [-0.4, -0.2) is 56.1 Å². The molecule has 1 aliphatic carbocycles. The average molecular weight is 353 g/mol. The molecule has 1 fully saturated rings. The SMILES string of the molecule is CCOC(=O)CC=NCC12C=Nc3cccc(c31)C1CCCN(C)[C@@H]1C2. The van der Waals surface area contributed by atoms with Crippen LogP contribution in [0.1, 0.15) is 49.7 Å². The van der Waals surface area contributed by atoms with E-state index in [1.165, 1.54) is 24.0 Å². The fourth-order valence-electron chi connectivity index (χ4n) is 4.96. The van der Waals surface area contributed by atoms with Gasteiger partial charge in [-0.2, -0.15) is 0 Å². The summed E-state index contributed by atoms with van der Waals surface area (Å²) in [5.74, 6) is 0.382. The van der Waals surface area contributed by atoms with Crippen molar-refractivity contribution in [2.45, 2.75) is 50.0 Å². The normalized spacial score (nSPS) is 29.6. The van der Waals surface area contributed by atoms with Gasteiger partial charge >= 0.3 is 5.97 Å². The number of piperidine rings is 1. The average Bonchev–Trinajstić information content (AvgIpc) is 3.01. The zero-order valence-corrected chi connectivity index (χ0v) is 15.6. The standard InChI is InChI=1S/C21H27N3O2/c1-3-26-19(25)9-10-22-13-21-12-18-15(7-5-11-24(18)2)16-6-4-8-17(20(16)21)23-14-21/h4,6,8,10,14-15,18H,3,5,7,9,11-13H2,1-2H3/t15?,18-,21?/m1/s1. The lowest BCUT2D eigenvalue weighted by atomic mass is 9.63. The first-order valence-corrected chi connectivity index (χ1v) is 9.67. The van der Waals surface area contributed by atoms with Crippen LogP contribution >= 0.6 is 0 Å². The number of carbonyl (C=O) groups excluding carboxylic acids is 1. The quantitative estimate of drug-likeness (QED) is 0.603. The van der Waals surface area contributed by atoms with Gasteiger partial charge in [0, 0.05) is 18.5 Å². The Balaban J connectivity index is 1.61. The summed E-state index contributed by atoms with van der Waals surface area (Å²) < 4.78 is 4.97. The van der Waals surface area contributed by atoms with Gasteiger partial charge in [0.15, 0.2) is 0 Å². The van der Waals surface area contributed by atoms with E-state index in [1.54, 1.807) is 6.21 Å². The molecular formula is C21H27N3O2. The van der Waals surface area contributed by atoms with E-state index in [4.69, 9.17) is 9.73 Å². The molecule has 0 saturated carbocycles. The molecule has 3 aliphatic rings. The van der Waals surface area contributed by atoms with Gasteiger partial charge in [-0.3, -0.25) is 14.8 Å².